The zero-order valence-corrected chi connectivity index (χ0v) is 9.79. The summed E-state index contributed by atoms with van der Waals surface area (Å²) in [6.45, 7) is 4.30. The molecule has 0 bridgehead atoms. The molecule has 0 saturated heterocycles. The third kappa shape index (κ3) is 2.22. The minimum Gasteiger partial charge on any atom is -0.464 e. The number of furan rings is 1. The fraction of sp³-hybridized carbons (Fsp3) is 0.308. The van der Waals surface area contributed by atoms with E-state index in [9.17, 15) is 9.18 Å². The van der Waals surface area contributed by atoms with E-state index in [1.54, 1.807) is 13.0 Å². The minimum atomic E-state index is -0.540. The first kappa shape index (κ1) is 11.8. The molecule has 0 spiro atoms. The van der Waals surface area contributed by atoms with Crippen LogP contribution in [0, 0.1) is 5.82 Å². The fourth-order valence-electron chi connectivity index (χ4n) is 1.81. The van der Waals surface area contributed by atoms with Crippen LogP contribution in [0.1, 0.15) is 24.2 Å². The predicted molar refractivity (Wildman–Crippen MR) is 63.6 cm³/mol. The lowest BCUT2D eigenvalue weighted by atomic mass is 10.0. The molecular formula is C13H14FNO2. The molecule has 0 saturated carbocycles. The summed E-state index contributed by atoms with van der Waals surface area (Å²) in [4.78, 5) is 12.0. The van der Waals surface area contributed by atoms with Gasteiger partial charge in [0.05, 0.1) is 17.9 Å². The van der Waals surface area contributed by atoms with E-state index in [0.29, 0.717) is 12.1 Å². The second kappa shape index (κ2) is 4.67. The lowest BCUT2D eigenvalue weighted by Gasteiger charge is -2.11. The van der Waals surface area contributed by atoms with E-state index in [-0.39, 0.29) is 17.4 Å². The molecule has 0 aliphatic rings. The molecule has 3 nitrogen and oxygen atoms in total. The smallest absolute Gasteiger partial charge is 0.182 e. The number of carbonyl (C=O) groups is 1. The summed E-state index contributed by atoms with van der Waals surface area (Å²) >= 11 is 0. The van der Waals surface area contributed by atoms with Crippen LogP contribution >= 0.6 is 0 Å². The van der Waals surface area contributed by atoms with E-state index in [1.165, 1.54) is 18.4 Å². The molecule has 2 aromatic rings. The summed E-state index contributed by atoms with van der Waals surface area (Å²) in [5.41, 5.74) is 0.558. The van der Waals surface area contributed by atoms with Crippen molar-refractivity contribution in [3.8, 4) is 0 Å². The Kier molecular flexibility index (Phi) is 3.24. The van der Waals surface area contributed by atoms with Crippen molar-refractivity contribution < 1.29 is 13.6 Å². The molecule has 0 amide bonds. The Hall–Kier alpha value is -1.68. The monoisotopic (exact) mass is 235 g/mol. The summed E-state index contributed by atoms with van der Waals surface area (Å²) in [5, 5.41) is 3.71. The van der Waals surface area contributed by atoms with Crippen LogP contribution in [0.15, 0.2) is 28.9 Å². The van der Waals surface area contributed by atoms with Crippen molar-refractivity contribution in [2.45, 2.75) is 19.9 Å². The summed E-state index contributed by atoms with van der Waals surface area (Å²) in [5.74, 6) is -0.783. The van der Waals surface area contributed by atoms with E-state index in [1.807, 2.05) is 6.92 Å². The van der Waals surface area contributed by atoms with Gasteiger partial charge in [0, 0.05) is 11.5 Å². The number of rotatable bonds is 4. The molecule has 0 radical (unpaired) electrons. The highest BCUT2D eigenvalue weighted by Gasteiger charge is 2.19. The first-order chi connectivity index (χ1) is 8.13. The molecule has 1 heterocycles. The number of nitrogens with one attached hydrogen (secondary N) is 1. The Balaban J connectivity index is 2.40. The van der Waals surface area contributed by atoms with Crippen molar-refractivity contribution in [2.75, 3.05) is 6.54 Å². The van der Waals surface area contributed by atoms with Gasteiger partial charge in [0.15, 0.2) is 5.78 Å². The van der Waals surface area contributed by atoms with Gasteiger partial charge >= 0.3 is 0 Å². The van der Waals surface area contributed by atoms with Crippen molar-refractivity contribution in [3.63, 3.8) is 0 Å². The number of hydrogen-bond acceptors (Lipinski definition) is 3. The molecule has 0 aliphatic heterocycles. The number of hydrogen-bond donors (Lipinski definition) is 1. The topological polar surface area (TPSA) is 42.2 Å². The Labute approximate surface area is 98.6 Å². The predicted octanol–water partition coefficient (Wildman–Crippen LogP) is 2.75. The van der Waals surface area contributed by atoms with Crippen molar-refractivity contribution in [1.29, 1.82) is 0 Å². The number of fused-ring (bicyclic) bond motifs is 1. The molecule has 17 heavy (non-hydrogen) atoms. The average molecular weight is 235 g/mol. The first-order valence-electron chi connectivity index (χ1n) is 5.58. The van der Waals surface area contributed by atoms with Crippen LogP contribution in [0.25, 0.3) is 11.0 Å². The van der Waals surface area contributed by atoms with Crippen molar-refractivity contribution >= 4 is 16.8 Å². The molecule has 1 aromatic carbocycles. The van der Waals surface area contributed by atoms with Crippen LogP contribution in [-0.2, 0) is 0 Å². The average Bonchev–Trinajstić information content (AvgIpc) is 2.74. The standard InChI is InChI=1S/C13H14FNO2/c1-3-15-8(2)13(16)10-6-9-4-5-17-12(9)7-11(10)14/h4-8,15H,3H2,1-2H3. The van der Waals surface area contributed by atoms with Gasteiger partial charge < -0.3 is 9.73 Å². The lowest BCUT2D eigenvalue weighted by molar-refractivity contribution is 0.0948. The number of carbonyl (C=O) groups excluding carboxylic acids is 1. The van der Waals surface area contributed by atoms with Crippen LogP contribution in [0.4, 0.5) is 4.39 Å². The quantitative estimate of drug-likeness (QED) is 0.828. The zero-order chi connectivity index (χ0) is 12.4. The van der Waals surface area contributed by atoms with Gasteiger partial charge in [-0.15, -0.1) is 0 Å². The van der Waals surface area contributed by atoms with Gasteiger partial charge in [0.1, 0.15) is 11.4 Å². The normalized spacial score (nSPS) is 12.9. The third-order valence-corrected chi connectivity index (χ3v) is 2.71. The second-order valence-corrected chi connectivity index (χ2v) is 3.93. The van der Waals surface area contributed by atoms with E-state index >= 15 is 0 Å². The highest BCUT2D eigenvalue weighted by molar-refractivity contribution is 6.02. The lowest BCUT2D eigenvalue weighted by Crippen LogP contribution is -2.34. The molecule has 1 unspecified atom stereocenters. The summed E-state index contributed by atoms with van der Waals surface area (Å²) in [6, 6.07) is 4.11. The zero-order valence-electron chi connectivity index (χ0n) is 9.79. The van der Waals surface area contributed by atoms with Gasteiger partial charge in [-0.2, -0.15) is 0 Å². The third-order valence-electron chi connectivity index (χ3n) is 2.71. The summed E-state index contributed by atoms with van der Waals surface area (Å²) < 4.78 is 18.8. The van der Waals surface area contributed by atoms with Gasteiger partial charge in [-0.3, -0.25) is 4.79 Å². The number of likely N-dealkylation sites (N-methyl/N-ethyl adjacent to an activating group) is 1. The highest BCUT2D eigenvalue weighted by Crippen LogP contribution is 2.21. The van der Waals surface area contributed by atoms with Crippen LogP contribution in [0.3, 0.4) is 0 Å². The Morgan fingerprint density at radius 2 is 2.29 bits per heavy atom. The van der Waals surface area contributed by atoms with Crippen LogP contribution in [-0.4, -0.2) is 18.4 Å². The Morgan fingerprint density at radius 1 is 1.53 bits per heavy atom. The maximum absolute atomic E-state index is 13.7. The van der Waals surface area contributed by atoms with Gasteiger partial charge in [0.2, 0.25) is 0 Å². The molecular weight excluding hydrogens is 221 g/mol. The van der Waals surface area contributed by atoms with E-state index < -0.39 is 5.82 Å². The van der Waals surface area contributed by atoms with E-state index in [2.05, 4.69) is 5.32 Å². The number of Topliss-reactive ketones (excluding diaryl/α,β-unsaturated/α-hetero) is 1. The van der Waals surface area contributed by atoms with Gasteiger partial charge in [-0.1, -0.05) is 6.92 Å². The molecule has 4 heteroatoms. The molecule has 0 fully saturated rings. The number of benzene rings is 1. The summed E-state index contributed by atoms with van der Waals surface area (Å²) in [6.07, 6.45) is 1.48. The van der Waals surface area contributed by atoms with E-state index in [0.717, 1.165) is 5.39 Å². The molecule has 1 N–H and O–H groups in total. The van der Waals surface area contributed by atoms with Gasteiger partial charge in [-0.05, 0) is 25.6 Å². The maximum Gasteiger partial charge on any atom is 0.182 e. The number of halogens is 1. The van der Waals surface area contributed by atoms with Crippen LogP contribution < -0.4 is 5.32 Å². The summed E-state index contributed by atoms with van der Waals surface area (Å²) in [7, 11) is 0. The molecule has 90 valence electrons. The van der Waals surface area contributed by atoms with Gasteiger partial charge in [0.25, 0.3) is 0 Å². The van der Waals surface area contributed by atoms with Crippen molar-refractivity contribution in [3.05, 3.63) is 35.8 Å². The van der Waals surface area contributed by atoms with Crippen molar-refractivity contribution in [1.82, 2.24) is 5.32 Å². The van der Waals surface area contributed by atoms with E-state index in [4.69, 9.17) is 4.42 Å². The SMILES string of the molecule is CCNC(C)C(=O)c1cc2ccoc2cc1F. The minimum absolute atomic E-state index is 0.104. The Bertz CT molecular complexity index is 547. The maximum atomic E-state index is 13.7. The molecule has 1 aromatic heterocycles. The second-order valence-electron chi connectivity index (χ2n) is 3.93. The van der Waals surface area contributed by atoms with Crippen molar-refractivity contribution in [2.24, 2.45) is 0 Å². The van der Waals surface area contributed by atoms with Gasteiger partial charge in [-0.25, -0.2) is 4.39 Å². The highest BCUT2D eigenvalue weighted by atomic mass is 19.1. The fourth-order valence-corrected chi connectivity index (χ4v) is 1.81. The molecule has 1 atom stereocenters. The van der Waals surface area contributed by atoms with Crippen LogP contribution in [0.2, 0.25) is 0 Å². The van der Waals surface area contributed by atoms with Crippen LogP contribution in [0.5, 0.6) is 0 Å². The first-order valence-corrected chi connectivity index (χ1v) is 5.58. The largest absolute Gasteiger partial charge is 0.464 e. The molecule has 0 aliphatic carbocycles. The number of ketones is 1. The Morgan fingerprint density at radius 3 is 3.00 bits per heavy atom. The molecule has 2 rings (SSSR count).